The zero-order valence-corrected chi connectivity index (χ0v) is 29.1. The second-order valence-electron chi connectivity index (χ2n) is 12.5. The number of unbranched alkanes of at least 4 members (excludes halogenated alkanes) is 22. The van der Waals surface area contributed by atoms with Crippen molar-refractivity contribution in [1.82, 2.24) is 0 Å². The van der Waals surface area contributed by atoms with E-state index in [1.165, 1.54) is 167 Å². The van der Waals surface area contributed by atoms with Gasteiger partial charge in [0.05, 0.1) is 0 Å². The molecule has 0 saturated carbocycles. The fourth-order valence-corrected chi connectivity index (χ4v) is 15.7. The predicted octanol–water partition coefficient (Wildman–Crippen LogP) is 14.1. The Morgan fingerprint density at radius 3 is 0.639 bits per heavy atom. The Morgan fingerprint density at radius 2 is 0.444 bits per heavy atom. The van der Waals surface area contributed by atoms with E-state index in [1.54, 1.807) is 24.6 Å². The molecular formula is C34H72IP. The molecule has 2 heteroatoms. The van der Waals surface area contributed by atoms with Crippen LogP contribution in [0.5, 0.6) is 0 Å². The third-order valence-corrected chi connectivity index (χ3v) is 20.3. The van der Waals surface area contributed by atoms with Gasteiger partial charge in [-0.25, -0.2) is 0 Å². The van der Waals surface area contributed by atoms with Gasteiger partial charge < -0.3 is 0 Å². The van der Waals surface area contributed by atoms with Gasteiger partial charge in [-0.05, 0) is 0 Å². The molecule has 0 atom stereocenters. The Labute approximate surface area is 244 Å². The van der Waals surface area contributed by atoms with Crippen molar-refractivity contribution in [2.75, 3.05) is 24.6 Å². The van der Waals surface area contributed by atoms with Crippen LogP contribution in [0.25, 0.3) is 0 Å². The Morgan fingerprint density at radius 1 is 0.278 bits per heavy atom. The molecule has 0 N–H and O–H groups in total. The summed E-state index contributed by atoms with van der Waals surface area (Å²) < 4.78 is -1.61. The van der Waals surface area contributed by atoms with Gasteiger partial charge >= 0.3 is 246 Å². The van der Waals surface area contributed by atoms with Crippen LogP contribution in [0.2, 0.25) is 0 Å². The average molecular weight is 639 g/mol. The van der Waals surface area contributed by atoms with Crippen LogP contribution >= 0.6 is 26.3 Å². The standard InChI is InChI=1S/C34H72IP/c1-5-9-13-17-21-22-26-30-34-36(35,31-27-23-18-14-10-6-2,32-28-24-19-15-11-7-3)33-29-25-20-16-12-8-4/h5-34H2,1-4H3. The molecule has 220 valence electrons. The molecule has 0 amide bonds. The molecule has 0 aliphatic carbocycles. The van der Waals surface area contributed by atoms with Gasteiger partial charge in [-0.3, -0.25) is 0 Å². The summed E-state index contributed by atoms with van der Waals surface area (Å²) in [5.41, 5.74) is 0. The molecule has 0 heterocycles. The first kappa shape index (κ1) is 37.2. The van der Waals surface area contributed by atoms with E-state index in [9.17, 15) is 0 Å². The van der Waals surface area contributed by atoms with Crippen LogP contribution in [-0.2, 0) is 0 Å². The molecule has 0 bridgehead atoms. The van der Waals surface area contributed by atoms with Gasteiger partial charge in [0.2, 0.25) is 0 Å². The zero-order valence-electron chi connectivity index (χ0n) is 26.0. The third kappa shape index (κ3) is 22.0. The minimum absolute atomic E-state index is 1.37. The van der Waals surface area contributed by atoms with Gasteiger partial charge in [0.25, 0.3) is 0 Å². The van der Waals surface area contributed by atoms with E-state index in [1.807, 2.05) is 0 Å². The molecule has 0 unspecified atom stereocenters. The minimum atomic E-state index is -1.61. The van der Waals surface area contributed by atoms with Crippen molar-refractivity contribution < 1.29 is 0 Å². The molecule has 0 aromatic carbocycles. The molecule has 0 aromatic heterocycles. The van der Waals surface area contributed by atoms with Crippen LogP contribution in [0.15, 0.2) is 0 Å². The van der Waals surface area contributed by atoms with Gasteiger partial charge in [0.1, 0.15) is 0 Å². The van der Waals surface area contributed by atoms with Gasteiger partial charge in [0, 0.05) is 0 Å². The van der Waals surface area contributed by atoms with Gasteiger partial charge in [-0.2, -0.15) is 0 Å². The van der Waals surface area contributed by atoms with Gasteiger partial charge in [-0.15, -0.1) is 0 Å². The maximum absolute atomic E-state index is 3.22. The number of hydrogen-bond donors (Lipinski definition) is 0. The summed E-state index contributed by atoms with van der Waals surface area (Å²) in [5, 5.41) is 0. The summed E-state index contributed by atoms with van der Waals surface area (Å²) in [7, 11) is 0. The Kier molecular flexibility index (Phi) is 27.2. The Balaban J connectivity index is 4.98. The number of rotatable bonds is 30. The molecule has 0 aromatic rings. The first-order valence-corrected chi connectivity index (χ1v) is 23.0. The molecule has 0 fully saturated rings. The summed E-state index contributed by atoms with van der Waals surface area (Å²) in [6.07, 6.45) is 44.8. The van der Waals surface area contributed by atoms with Crippen LogP contribution in [0.1, 0.15) is 195 Å². The van der Waals surface area contributed by atoms with Crippen LogP contribution in [0.3, 0.4) is 0 Å². The van der Waals surface area contributed by atoms with E-state index in [-0.39, 0.29) is 0 Å². The van der Waals surface area contributed by atoms with Crippen molar-refractivity contribution in [3.8, 4) is 0 Å². The SMILES string of the molecule is CCCCCCCCCCP(I)(CCCCCCCC)(CCCCCCCC)CCCCCCCC. The number of halogens is 1. The van der Waals surface area contributed by atoms with E-state index in [0.29, 0.717) is 0 Å². The molecule has 0 aliphatic heterocycles. The zero-order chi connectivity index (χ0) is 26.7. The Bertz CT molecular complexity index is 391. The molecule has 0 spiro atoms. The van der Waals surface area contributed by atoms with Crippen LogP contribution in [0, 0.1) is 0 Å². The van der Waals surface area contributed by atoms with Crippen molar-refractivity contribution in [1.29, 1.82) is 0 Å². The summed E-state index contributed by atoms with van der Waals surface area (Å²) in [6.45, 7) is 9.38. The summed E-state index contributed by atoms with van der Waals surface area (Å²) in [5.74, 6) is 0. The van der Waals surface area contributed by atoms with E-state index in [4.69, 9.17) is 0 Å². The quantitative estimate of drug-likeness (QED) is 0.0417. The molecule has 0 aliphatic rings. The van der Waals surface area contributed by atoms with Crippen LogP contribution in [0.4, 0.5) is 0 Å². The van der Waals surface area contributed by atoms with Crippen molar-refractivity contribution >= 4 is 26.3 Å². The molecular weight excluding hydrogens is 566 g/mol. The van der Waals surface area contributed by atoms with Crippen molar-refractivity contribution in [2.45, 2.75) is 195 Å². The van der Waals surface area contributed by atoms with Crippen molar-refractivity contribution in [3.63, 3.8) is 0 Å². The molecule has 0 saturated heterocycles. The fourth-order valence-electron chi connectivity index (χ4n) is 6.17. The van der Waals surface area contributed by atoms with Gasteiger partial charge in [0.15, 0.2) is 0 Å². The molecule has 0 rings (SSSR count). The van der Waals surface area contributed by atoms with E-state index in [0.717, 1.165) is 0 Å². The maximum atomic E-state index is 3.22. The van der Waals surface area contributed by atoms with Crippen LogP contribution in [-0.4, -0.2) is 24.6 Å². The first-order chi connectivity index (χ1) is 17.5. The topological polar surface area (TPSA) is 0 Å². The monoisotopic (exact) mass is 638 g/mol. The van der Waals surface area contributed by atoms with Gasteiger partial charge in [-0.1, -0.05) is 0 Å². The first-order valence-electron chi connectivity index (χ1n) is 17.3. The van der Waals surface area contributed by atoms with Crippen LogP contribution < -0.4 is 0 Å². The molecule has 36 heavy (non-hydrogen) atoms. The normalized spacial score (nSPS) is 13.2. The molecule has 0 nitrogen and oxygen atoms in total. The van der Waals surface area contributed by atoms with Crippen molar-refractivity contribution in [3.05, 3.63) is 0 Å². The van der Waals surface area contributed by atoms with E-state index < -0.39 is 4.25 Å². The third-order valence-electron chi connectivity index (χ3n) is 8.78. The summed E-state index contributed by atoms with van der Waals surface area (Å²) in [6, 6.07) is 0. The average Bonchev–Trinajstić information content (AvgIpc) is 2.88. The number of hydrogen-bond acceptors (Lipinski definition) is 0. The fraction of sp³-hybridized carbons (Fsp3) is 1.00. The van der Waals surface area contributed by atoms with E-state index in [2.05, 4.69) is 49.7 Å². The second-order valence-corrected chi connectivity index (χ2v) is 26.1. The van der Waals surface area contributed by atoms with Crippen molar-refractivity contribution in [2.24, 2.45) is 0 Å². The van der Waals surface area contributed by atoms with E-state index >= 15 is 0 Å². The summed E-state index contributed by atoms with van der Waals surface area (Å²) in [4.78, 5) is 0. The summed E-state index contributed by atoms with van der Waals surface area (Å²) >= 11 is 3.22. The molecule has 0 radical (unpaired) electrons. The Hall–Kier alpha value is 1.16. The predicted molar refractivity (Wildman–Crippen MR) is 183 cm³/mol. The second kappa shape index (κ2) is 26.4.